The molecule has 3 heteroatoms. The number of nitrogens with zero attached hydrogens (tertiary/aromatic N) is 1. The summed E-state index contributed by atoms with van der Waals surface area (Å²) in [6, 6.07) is 4.22. The first-order chi connectivity index (χ1) is 7.40. The average Bonchev–Trinajstić information content (AvgIpc) is 2.95. The lowest BCUT2D eigenvalue weighted by atomic mass is 10.4. The summed E-state index contributed by atoms with van der Waals surface area (Å²) in [6.45, 7) is 5.68. The van der Waals surface area contributed by atoms with E-state index in [1.54, 1.807) is 0 Å². The molecule has 1 aliphatic rings. The van der Waals surface area contributed by atoms with Crippen LogP contribution < -0.4 is 5.32 Å². The van der Waals surface area contributed by atoms with E-state index in [-0.39, 0.29) is 0 Å². The maximum atomic E-state index is 5.66. The molecule has 1 aliphatic carbocycles. The molecule has 1 aromatic rings. The highest BCUT2D eigenvalue weighted by Gasteiger charge is 2.21. The standard InChI is InChI=1S/C12H20N2O/c1-2-13-8-12-4-3-7-14(12)10-15-9-11-5-6-11/h3-4,7,11,13H,2,5-6,8-10H2,1H3. The normalized spacial score (nSPS) is 15.8. The van der Waals surface area contributed by atoms with E-state index in [4.69, 9.17) is 4.74 Å². The predicted molar refractivity (Wildman–Crippen MR) is 60.5 cm³/mol. The molecule has 0 spiro atoms. The Morgan fingerprint density at radius 3 is 3.13 bits per heavy atom. The fourth-order valence-corrected chi connectivity index (χ4v) is 1.59. The molecule has 0 unspecified atom stereocenters. The first-order valence-electron chi connectivity index (χ1n) is 5.82. The minimum absolute atomic E-state index is 0.699. The molecule has 84 valence electrons. The van der Waals surface area contributed by atoms with Gasteiger partial charge in [-0.15, -0.1) is 0 Å². The van der Waals surface area contributed by atoms with Gasteiger partial charge in [0.15, 0.2) is 0 Å². The van der Waals surface area contributed by atoms with Crippen LogP contribution in [0.5, 0.6) is 0 Å². The van der Waals surface area contributed by atoms with Crippen LogP contribution >= 0.6 is 0 Å². The summed E-state index contributed by atoms with van der Waals surface area (Å²) >= 11 is 0. The molecular formula is C12H20N2O. The molecule has 0 radical (unpaired) electrons. The summed E-state index contributed by atoms with van der Waals surface area (Å²) < 4.78 is 7.83. The van der Waals surface area contributed by atoms with Crippen molar-refractivity contribution in [3.63, 3.8) is 0 Å². The van der Waals surface area contributed by atoms with Crippen LogP contribution in [0.4, 0.5) is 0 Å². The van der Waals surface area contributed by atoms with Crippen LogP contribution in [0.3, 0.4) is 0 Å². The molecule has 3 nitrogen and oxygen atoms in total. The first kappa shape index (κ1) is 10.7. The molecule has 1 saturated carbocycles. The third kappa shape index (κ3) is 3.36. The van der Waals surface area contributed by atoms with E-state index in [0.717, 1.165) is 25.6 Å². The summed E-state index contributed by atoms with van der Waals surface area (Å²) in [4.78, 5) is 0. The third-order valence-corrected chi connectivity index (χ3v) is 2.76. The van der Waals surface area contributed by atoms with Crippen LogP contribution in [0.2, 0.25) is 0 Å². The van der Waals surface area contributed by atoms with Crippen molar-refractivity contribution < 1.29 is 4.74 Å². The Balaban J connectivity index is 1.75. The fourth-order valence-electron chi connectivity index (χ4n) is 1.59. The van der Waals surface area contributed by atoms with Gasteiger partial charge in [0, 0.05) is 18.4 Å². The smallest absolute Gasteiger partial charge is 0.122 e. The topological polar surface area (TPSA) is 26.2 Å². The van der Waals surface area contributed by atoms with Gasteiger partial charge in [0.05, 0.1) is 6.61 Å². The Morgan fingerprint density at radius 2 is 2.40 bits per heavy atom. The second-order valence-corrected chi connectivity index (χ2v) is 4.19. The minimum Gasteiger partial charge on any atom is -0.361 e. The van der Waals surface area contributed by atoms with Crippen LogP contribution in [0.15, 0.2) is 18.3 Å². The number of hydrogen-bond acceptors (Lipinski definition) is 2. The Labute approximate surface area is 91.4 Å². The van der Waals surface area contributed by atoms with Crippen molar-refractivity contribution in [2.75, 3.05) is 13.2 Å². The van der Waals surface area contributed by atoms with Crippen molar-refractivity contribution >= 4 is 0 Å². The Kier molecular flexibility index (Phi) is 3.80. The zero-order chi connectivity index (χ0) is 10.5. The number of nitrogens with one attached hydrogen (secondary N) is 1. The van der Waals surface area contributed by atoms with E-state index >= 15 is 0 Å². The molecular weight excluding hydrogens is 188 g/mol. The van der Waals surface area contributed by atoms with Gasteiger partial charge in [-0.25, -0.2) is 0 Å². The lowest BCUT2D eigenvalue weighted by molar-refractivity contribution is 0.0674. The predicted octanol–water partition coefficient (Wildman–Crippen LogP) is 1.98. The number of ether oxygens (including phenoxy) is 1. The van der Waals surface area contributed by atoms with Crippen LogP contribution in [0.1, 0.15) is 25.5 Å². The molecule has 0 bridgehead atoms. The monoisotopic (exact) mass is 208 g/mol. The van der Waals surface area contributed by atoms with Crippen LogP contribution in [-0.2, 0) is 18.0 Å². The molecule has 0 atom stereocenters. The second-order valence-electron chi connectivity index (χ2n) is 4.19. The van der Waals surface area contributed by atoms with Gasteiger partial charge < -0.3 is 14.6 Å². The molecule has 2 rings (SSSR count). The highest BCUT2D eigenvalue weighted by atomic mass is 16.5. The summed E-state index contributed by atoms with van der Waals surface area (Å²) in [5.41, 5.74) is 1.30. The zero-order valence-electron chi connectivity index (χ0n) is 9.41. The van der Waals surface area contributed by atoms with Gasteiger partial charge in [0.2, 0.25) is 0 Å². The fraction of sp³-hybridized carbons (Fsp3) is 0.667. The maximum Gasteiger partial charge on any atom is 0.122 e. The van der Waals surface area contributed by atoms with Crippen molar-refractivity contribution in [2.45, 2.75) is 33.0 Å². The van der Waals surface area contributed by atoms with Crippen molar-refractivity contribution in [1.82, 2.24) is 9.88 Å². The summed E-state index contributed by atoms with van der Waals surface area (Å²) in [5, 5.41) is 3.33. The van der Waals surface area contributed by atoms with E-state index in [0.29, 0.717) is 6.73 Å². The molecule has 1 N–H and O–H groups in total. The molecule has 15 heavy (non-hydrogen) atoms. The van der Waals surface area contributed by atoms with Crippen LogP contribution in [0.25, 0.3) is 0 Å². The molecule has 1 aromatic heterocycles. The van der Waals surface area contributed by atoms with E-state index in [1.165, 1.54) is 18.5 Å². The summed E-state index contributed by atoms with van der Waals surface area (Å²) in [7, 11) is 0. The minimum atomic E-state index is 0.699. The van der Waals surface area contributed by atoms with E-state index in [2.05, 4.69) is 35.1 Å². The van der Waals surface area contributed by atoms with Gasteiger partial charge in [-0.3, -0.25) is 0 Å². The maximum absolute atomic E-state index is 5.66. The van der Waals surface area contributed by atoms with Crippen LogP contribution in [0, 0.1) is 5.92 Å². The molecule has 0 aliphatic heterocycles. The lowest BCUT2D eigenvalue weighted by Crippen LogP contribution is -2.16. The van der Waals surface area contributed by atoms with Crippen molar-refractivity contribution in [3.05, 3.63) is 24.0 Å². The Hall–Kier alpha value is -0.800. The summed E-state index contributed by atoms with van der Waals surface area (Å²) in [5.74, 6) is 0.845. The van der Waals surface area contributed by atoms with Crippen molar-refractivity contribution in [2.24, 2.45) is 5.92 Å². The molecule has 0 amide bonds. The molecule has 0 saturated heterocycles. The lowest BCUT2D eigenvalue weighted by Gasteiger charge is -2.09. The van der Waals surface area contributed by atoms with Gasteiger partial charge in [0.1, 0.15) is 6.73 Å². The SMILES string of the molecule is CCNCc1cccn1COCC1CC1. The van der Waals surface area contributed by atoms with Crippen molar-refractivity contribution in [1.29, 1.82) is 0 Å². The van der Waals surface area contributed by atoms with Gasteiger partial charge in [-0.2, -0.15) is 0 Å². The largest absolute Gasteiger partial charge is 0.361 e. The van der Waals surface area contributed by atoms with Gasteiger partial charge in [0.25, 0.3) is 0 Å². The van der Waals surface area contributed by atoms with Crippen molar-refractivity contribution in [3.8, 4) is 0 Å². The molecule has 1 heterocycles. The van der Waals surface area contributed by atoms with Gasteiger partial charge >= 0.3 is 0 Å². The number of hydrogen-bond donors (Lipinski definition) is 1. The first-order valence-corrected chi connectivity index (χ1v) is 5.82. The molecule has 0 aromatic carbocycles. The van der Waals surface area contributed by atoms with Crippen LogP contribution in [-0.4, -0.2) is 17.7 Å². The van der Waals surface area contributed by atoms with Gasteiger partial charge in [-0.1, -0.05) is 6.92 Å². The average molecular weight is 208 g/mol. The van der Waals surface area contributed by atoms with Gasteiger partial charge in [-0.05, 0) is 37.4 Å². The number of aromatic nitrogens is 1. The Morgan fingerprint density at radius 1 is 1.53 bits per heavy atom. The molecule has 1 fully saturated rings. The zero-order valence-corrected chi connectivity index (χ0v) is 9.41. The van der Waals surface area contributed by atoms with E-state index in [9.17, 15) is 0 Å². The Bertz CT molecular complexity index is 292. The number of rotatable bonds is 7. The third-order valence-electron chi connectivity index (χ3n) is 2.76. The van der Waals surface area contributed by atoms with E-state index < -0.39 is 0 Å². The highest BCUT2D eigenvalue weighted by Crippen LogP contribution is 2.28. The van der Waals surface area contributed by atoms with E-state index in [1.807, 2.05) is 0 Å². The quantitative estimate of drug-likeness (QED) is 0.741. The second kappa shape index (κ2) is 5.33. The highest BCUT2D eigenvalue weighted by molar-refractivity contribution is 5.06. The summed E-state index contributed by atoms with van der Waals surface area (Å²) in [6.07, 6.45) is 4.80.